The predicted octanol–water partition coefficient (Wildman–Crippen LogP) is 3.57. The van der Waals surface area contributed by atoms with E-state index in [1.807, 2.05) is 34.9 Å². The average molecular weight is 281 g/mol. The van der Waals surface area contributed by atoms with Crippen LogP contribution in [0.2, 0.25) is 0 Å². The van der Waals surface area contributed by atoms with E-state index >= 15 is 0 Å². The zero-order chi connectivity index (χ0) is 14.1. The largest absolute Gasteiger partial charge is 0.497 e. The number of ether oxygens (including phenoxy) is 1. The van der Waals surface area contributed by atoms with Gasteiger partial charge in [-0.25, -0.2) is 0 Å². The van der Waals surface area contributed by atoms with Crippen LogP contribution in [0.5, 0.6) is 5.75 Å². The minimum atomic E-state index is 0.609. The predicted molar refractivity (Wildman–Crippen MR) is 79.7 cm³/mol. The molecule has 0 fully saturated rings. The molecule has 98 valence electrons. The second-order valence-electron chi connectivity index (χ2n) is 4.31. The SMILES string of the molecule is COc1ccc2[nH]c(=S)n(-c3ccc(C#N)cc3)c2c1. The van der Waals surface area contributed by atoms with Gasteiger partial charge in [-0.2, -0.15) is 5.26 Å². The Morgan fingerprint density at radius 1 is 1.20 bits per heavy atom. The molecule has 3 aromatic rings. The van der Waals surface area contributed by atoms with Crippen LogP contribution >= 0.6 is 12.2 Å². The van der Waals surface area contributed by atoms with Crippen LogP contribution in [0.1, 0.15) is 5.56 Å². The number of aromatic nitrogens is 2. The summed E-state index contributed by atoms with van der Waals surface area (Å²) in [4.78, 5) is 3.16. The monoisotopic (exact) mass is 281 g/mol. The molecule has 0 aliphatic heterocycles. The molecule has 3 rings (SSSR count). The summed E-state index contributed by atoms with van der Waals surface area (Å²) in [7, 11) is 1.63. The van der Waals surface area contributed by atoms with Crippen molar-refractivity contribution in [3.05, 3.63) is 52.8 Å². The highest BCUT2D eigenvalue weighted by Crippen LogP contribution is 2.24. The third-order valence-electron chi connectivity index (χ3n) is 3.15. The number of rotatable bonds is 2. The van der Waals surface area contributed by atoms with E-state index in [1.54, 1.807) is 19.2 Å². The quantitative estimate of drug-likeness (QED) is 0.731. The first-order valence-electron chi connectivity index (χ1n) is 6.02. The molecule has 0 unspecified atom stereocenters. The Kier molecular flexibility index (Phi) is 3.01. The van der Waals surface area contributed by atoms with E-state index in [9.17, 15) is 0 Å². The van der Waals surface area contributed by atoms with Gasteiger partial charge in [-0.05, 0) is 48.6 Å². The van der Waals surface area contributed by atoms with Crippen LogP contribution in [-0.2, 0) is 0 Å². The van der Waals surface area contributed by atoms with Gasteiger partial charge in [-0.15, -0.1) is 0 Å². The van der Waals surface area contributed by atoms with Gasteiger partial charge in [-0.3, -0.25) is 4.57 Å². The lowest BCUT2D eigenvalue weighted by molar-refractivity contribution is 0.415. The van der Waals surface area contributed by atoms with Gasteiger partial charge in [0.1, 0.15) is 5.75 Å². The van der Waals surface area contributed by atoms with Crippen molar-refractivity contribution in [2.24, 2.45) is 0 Å². The van der Waals surface area contributed by atoms with E-state index in [1.165, 1.54) is 0 Å². The molecule has 0 aliphatic rings. The molecular weight excluding hydrogens is 270 g/mol. The molecule has 0 radical (unpaired) electrons. The Morgan fingerprint density at radius 3 is 2.60 bits per heavy atom. The maximum Gasteiger partial charge on any atom is 0.182 e. The van der Waals surface area contributed by atoms with Crippen molar-refractivity contribution in [2.45, 2.75) is 0 Å². The highest BCUT2D eigenvalue weighted by atomic mass is 32.1. The van der Waals surface area contributed by atoms with Crippen LogP contribution in [0.3, 0.4) is 0 Å². The van der Waals surface area contributed by atoms with Crippen LogP contribution in [0.25, 0.3) is 16.7 Å². The van der Waals surface area contributed by atoms with Crippen LogP contribution in [-0.4, -0.2) is 16.7 Å². The fourth-order valence-electron chi connectivity index (χ4n) is 2.15. The van der Waals surface area contributed by atoms with E-state index in [-0.39, 0.29) is 0 Å². The molecule has 5 heteroatoms. The number of H-pyrrole nitrogens is 1. The third kappa shape index (κ3) is 1.96. The van der Waals surface area contributed by atoms with Gasteiger partial charge < -0.3 is 9.72 Å². The summed E-state index contributed by atoms with van der Waals surface area (Å²) in [6.07, 6.45) is 0. The second kappa shape index (κ2) is 4.83. The molecule has 0 bridgehead atoms. The first-order chi connectivity index (χ1) is 9.72. The lowest BCUT2D eigenvalue weighted by Crippen LogP contribution is -1.94. The first-order valence-corrected chi connectivity index (χ1v) is 6.43. The zero-order valence-electron chi connectivity index (χ0n) is 10.8. The Morgan fingerprint density at radius 2 is 1.95 bits per heavy atom. The Hall–Kier alpha value is -2.58. The number of benzene rings is 2. The molecular formula is C15H11N3OS. The maximum absolute atomic E-state index is 8.85. The molecule has 0 amide bonds. The van der Waals surface area contributed by atoms with Gasteiger partial charge in [0.25, 0.3) is 0 Å². The standard InChI is InChI=1S/C15H11N3OS/c1-19-12-6-7-13-14(8-12)18(15(20)17-13)11-4-2-10(9-16)3-5-11/h2-8H,1H3,(H,17,20). The average Bonchev–Trinajstić information content (AvgIpc) is 2.82. The zero-order valence-corrected chi connectivity index (χ0v) is 11.6. The number of imidazole rings is 1. The van der Waals surface area contributed by atoms with Crippen molar-refractivity contribution in [1.29, 1.82) is 5.26 Å². The number of hydrogen-bond donors (Lipinski definition) is 1. The highest BCUT2D eigenvalue weighted by molar-refractivity contribution is 7.71. The van der Waals surface area contributed by atoms with Crippen molar-refractivity contribution in [3.63, 3.8) is 0 Å². The number of aromatic amines is 1. The van der Waals surface area contributed by atoms with Gasteiger partial charge in [0.15, 0.2) is 4.77 Å². The summed E-state index contributed by atoms with van der Waals surface area (Å²) in [6.45, 7) is 0. The summed E-state index contributed by atoms with van der Waals surface area (Å²) < 4.78 is 7.79. The summed E-state index contributed by atoms with van der Waals surface area (Å²) in [6, 6.07) is 15.2. The highest BCUT2D eigenvalue weighted by Gasteiger charge is 2.07. The Labute approximate surface area is 120 Å². The van der Waals surface area contributed by atoms with Gasteiger partial charge in [0, 0.05) is 11.8 Å². The van der Waals surface area contributed by atoms with E-state index in [0.29, 0.717) is 10.3 Å². The van der Waals surface area contributed by atoms with Crippen molar-refractivity contribution >= 4 is 23.3 Å². The van der Waals surface area contributed by atoms with Crippen LogP contribution < -0.4 is 4.74 Å². The first kappa shape index (κ1) is 12.5. The smallest absolute Gasteiger partial charge is 0.182 e. The molecule has 1 N–H and O–H groups in total. The number of nitrogens with zero attached hydrogens (tertiary/aromatic N) is 2. The number of fused-ring (bicyclic) bond motifs is 1. The fourth-order valence-corrected chi connectivity index (χ4v) is 2.46. The molecule has 0 saturated heterocycles. The summed E-state index contributed by atoms with van der Waals surface area (Å²) >= 11 is 5.38. The fraction of sp³-hybridized carbons (Fsp3) is 0.0667. The number of hydrogen-bond acceptors (Lipinski definition) is 3. The van der Waals surface area contributed by atoms with E-state index in [0.717, 1.165) is 22.5 Å². The van der Waals surface area contributed by atoms with Gasteiger partial charge >= 0.3 is 0 Å². The minimum Gasteiger partial charge on any atom is -0.497 e. The summed E-state index contributed by atoms with van der Waals surface area (Å²) in [5.74, 6) is 0.772. The molecule has 0 aliphatic carbocycles. The number of methoxy groups -OCH3 is 1. The summed E-state index contributed by atoms with van der Waals surface area (Å²) in [5, 5.41) is 8.85. The topological polar surface area (TPSA) is 53.7 Å². The Balaban J connectivity index is 2.26. The molecule has 1 aromatic heterocycles. The van der Waals surface area contributed by atoms with Crippen LogP contribution in [0, 0.1) is 16.1 Å². The number of nitriles is 1. The molecule has 0 spiro atoms. The van der Waals surface area contributed by atoms with Crippen LogP contribution in [0.15, 0.2) is 42.5 Å². The van der Waals surface area contributed by atoms with Crippen molar-refractivity contribution < 1.29 is 4.74 Å². The van der Waals surface area contributed by atoms with Crippen LogP contribution in [0.4, 0.5) is 0 Å². The maximum atomic E-state index is 8.85. The van der Waals surface area contributed by atoms with E-state index in [2.05, 4.69) is 11.1 Å². The molecule has 2 aromatic carbocycles. The minimum absolute atomic E-state index is 0.609. The normalized spacial score (nSPS) is 10.4. The van der Waals surface area contributed by atoms with Crippen molar-refractivity contribution in [1.82, 2.24) is 9.55 Å². The second-order valence-corrected chi connectivity index (χ2v) is 4.69. The molecule has 1 heterocycles. The van der Waals surface area contributed by atoms with Crippen molar-refractivity contribution in [2.75, 3.05) is 7.11 Å². The molecule has 0 atom stereocenters. The third-order valence-corrected chi connectivity index (χ3v) is 3.43. The van der Waals surface area contributed by atoms with Gasteiger partial charge in [0.05, 0.1) is 29.8 Å². The Bertz CT molecular complexity index is 869. The lowest BCUT2D eigenvalue weighted by atomic mass is 10.2. The number of nitrogens with one attached hydrogen (secondary N) is 1. The molecule has 20 heavy (non-hydrogen) atoms. The molecule has 4 nitrogen and oxygen atoms in total. The lowest BCUT2D eigenvalue weighted by Gasteiger charge is -2.05. The summed E-state index contributed by atoms with van der Waals surface area (Å²) in [5.41, 5.74) is 3.42. The molecule has 0 saturated carbocycles. The van der Waals surface area contributed by atoms with Gasteiger partial charge in [0.2, 0.25) is 0 Å². The van der Waals surface area contributed by atoms with E-state index in [4.69, 9.17) is 22.2 Å². The van der Waals surface area contributed by atoms with E-state index < -0.39 is 0 Å². The van der Waals surface area contributed by atoms with Crippen molar-refractivity contribution in [3.8, 4) is 17.5 Å². The van der Waals surface area contributed by atoms with Gasteiger partial charge in [-0.1, -0.05) is 0 Å².